The molecule has 0 saturated carbocycles. The van der Waals surface area contributed by atoms with Crippen molar-refractivity contribution in [2.75, 3.05) is 11.4 Å². The van der Waals surface area contributed by atoms with E-state index in [9.17, 15) is 4.39 Å². The number of rotatable bonds is 7. The SMILES string of the molecule is CCCCCN(c1ccc(C(=N)N)cc1F)C(C)C. The second-order valence-electron chi connectivity index (χ2n) is 5.07. The highest BCUT2D eigenvalue weighted by Gasteiger charge is 2.15. The summed E-state index contributed by atoms with van der Waals surface area (Å²) in [5, 5.41) is 7.33. The van der Waals surface area contributed by atoms with E-state index in [1.54, 1.807) is 12.1 Å². The molecule has 0 heterocycles. The largest absolute Gasteiger partial charge is 0.384 e. The van der Waals surface area contributed by atoms with Crippen LogP contribution in [-0.4, -0.2) is 18.4 Å². The molecule has 0 amide bonds. The van der Waals surface area contributed by atoms with Gasteiger partial charge in [0.15, 0.2) is 0 Å². The van der Waals surface area contributed by atoms with E-state index < -0.39 is 0 Å². The van der Waals surface area contributed by atoms with Crippen molar-refractivity contribution in [3.8, 4) is 0 Å². The van der Waals surface area contributed by atoms with Crippen molar-refractivity contribution in [1.29, 1.82) is 5.41 Å². The number of unbranched alkanes of at least 4 members (excludes halogenated alkanes) is 2. The van der Waals surface area contributed by atoms with Crippen molar-refractivity contribution in [2.45, 2.75) is 46.1 Å². The first kappa shape index (κ1) is 15.5. The monoisotopic (exact) mass is 265 g/mol. The predicted octanol–water partition coefficient (Wildman–Crippen LogP) is 3.51. The summed E-state index contributed by atoms with van der Waals surface area (Å²) in [5.41, 5.74) is 6.39. The molecule has 19 heavy (non-hydrogen) atoms. The van der Waals surface area contributed by atoms with E-state index in [-0.39, 0.29) is 17.7 Å². The molecule has 0 aliphatic heterocycles. The van der Waals surface area contributed by atoms with Gasteiger partial charge in [-0.3, -0.25) is 5.41 Å². The van der Waals surface area contributed by atoms with E-state index in [0.717, 1.165) is 25.8 Å². The Morgan fingerprint density at radius 2 is 2.05 bits per heavy atom. The lowest BCUT2D eigenvalue weighted by Crippen LogP contribution is -2.32. The molecule has 1 aromatic rings. The second-order valence-corrected chi connectivity index (χ2v) is 5.07. The molecule has 0 spiro atoms. The molecular formula is C15H24FN3. The molecule has 4 heteroatoms. The van der Waals surface area contributed by atoms with Gasteiger partial charge in [-0.25, -0.2) is 4.39 Å². The summed E-state index contributed by atoms with van der Waals surface area (Å²) in [5.74, 6) is -0.412. The van der Waals surface area contributed by atoms with Crippen LogP contribution in [0.2, 0.25) is 0 Å². The first-order valence-corrected chi connectivity index (χ1v) is 6.88. The molecule has 3 N–H and O–H groups in total. The number of hydrogen-bond acceptors (Lipinski definition) is 2. The van der Waals surface area contributed by atoms with Gasteiger partial charge in [-0.05, 0) is 38.5 Å². The number of nitrogens with one attached hydrogen (secondary N) is 1. The Labute approximate surface area is 115 Å². The van der Waals surface area contributed by atoms with Crippen LogP contribution in [0.15, 0.2) is 18.2 Å². The zero-order valence-corrected chi connectivity index (χ0v) is 12.0. The summed E-state index contributed by atoms with van der Waals surface area (Å²) in [6, 6.07) is 5.01. The smallest absolute Gasteiger partial charge is 0.147 e. The summed E-state index contributed by atoms with van der Waals surface area (Å²) >= 11 is 0. The zero-order valence-electron chi connectivity index (χ0n) is 12.0. The highest BCUT2D eigenvalue weighted by Crippen LogP contribution is 2.23. The molecule has 0 unspecified atom stereocenters. The van der Waals surface area contributed by atoms with Crippen LogP contribution in [0.1, 0.15) is 45.6 Å². The number of hydrogen-bond donors (Lipinski definition) is 2. The van der Waals surface area contributed by atoms with E-state index in [2.05, 4.69) is 25.7 Å². The van der Waals surface area contributed by atoms with Crippen molar-refractivity contribution in [3.05, 3.63) is 29.6 Å². The van der Waals surface area contributed by atoms with Gasteiger partial charge >= 0.3 is 0 Å². The third-order valence-corrected chi connectivity index (χ3v) is 3.19. The fourth-order valence-electron chi connectivity index (χ4n) is 2.10. The van der Waals surface area contributed by atoms with Gasteiger partial charge in [0.05, 0.1) is 5.69 Å². The van der Waals surface area contributed by atoms with Crippen molar-refractivity contribution < 1.29 is 4.39 Å². The third kappa shape index (κ3) is 4.23. The standard InChI is InChI=1S/C15H24FN3/c1-4-5-6-9-19(11(2)3)14-8-7-12(15(17)18)10-13(14)16/h7-8,10-11H,4-6,9H2,1-3H3,(H3,17,18). The van der Waals surface area contributed by atoms with Crippen molar-refractivity contribution in [3.63, 3.8) is 0 Å². The van der Waals surface area contributed by atoms with Gasteiger partial charge in [-0.2, -0.15) is 0 Å². The molecule has 106 valence electrons. The lowest BCUT2D eigenvalue weighted by molar-refractivity contribution is 0.583. The molecule has 1 aromatic carbocycles. The molecule has 0 aromatic heterocycles. The molecule has 0 saturated heterocycles. The highest BCUT2D eigenvalue weighted by atomic mass is 19.1. The molecule has 3 nitrogen and oxygen atoms in total. The van der Waals surface area contributed by atoms with Gasteiger partial charge < -0.3 is 10.6 Å². The quantitative estimate of drug-likeness (QED) is 0.450. The fraction of sp³-hybridized carbons (Fsp3) is 0.533. The van der Waals surface area contributed by atoms with Crippen LogP contribution in [-0.2, 0) is 0 Å². The lowest BCUT2D eigenvalue weighted by atomic mass is 10.1. The van der Waals surface area contributed by atoms with Crippen molar-refractivity contribution >= 4 is 11.5 Å². The van der Waals surface area contributed by atoms with Gasteiger partial charge in [0.1, 0.15) is 11.7 Å². The zero-order chi connectivity index (χ0) is 14.4. The Morgan fingerprint density at radius 3 is 2.53 bits per heavy atom. The summed E-state index contributed by atoms with van der Waals surface area (Å²) in [4.78, 5) is 2.06. The average molecular weight is 265 g/mol. The molecule has 0 bridgehead atoms. The molecule has 1 rings (SSSR count). The molecular weight excluding hydrogens is 241 g/mol. The maximum absolute atomic E-state index is 14.1. The van der Waals surface area contributed by atoms with Crippen LogP contribution in [0.5, 0.6) is 0 Å². The van der Waals surface area contributed by atoms with E-state index >= 15 is 0 Å². The van der Waals surface area contributed by atoms with Crippen LogP contribution in [0.4, 0.5) is 10.1 Å². The number of halogens is 1. The normalized spacial score (nSPS) is 10.8. The van der Waals surface area contributed by atoms with Crippen LogP contribution in [0.25, 0.3) is 0 Å². The number of amidine groups is 1. The molecule has 0 aliphatic rings. The van der Waals surface area contributed by atoms with E-state index in [4.69, 9.17) is 11.1 Å². The molecule has 0 radical (unpaired) electrons. The number of nitrogens with two attached hydrogens (primary N) is 1. The molecule has 0 aliphatic carbocycles. The maximum atomic E-state index is 14.1. The lowest BCUT2D eigenvalue weighted by Gasteiger charge is -2.29. The molecule has 0 fully saturated rings. The summed E-state index contributed by atoms with van der Waals surface area (Å²) in [6.45, 7) is 7.12. The summed E-state index contributed by atoms with van der Waals surface area (Å²) < 4.78 is 14.1. The van der Waals surface area contributed by atoms with Crippen molar-refractivity contribution in [1.82, 2.24) is 0 Å². The number of nitrogen functional groups attached to an aromatic ring is 1. The first-order valence-electron chi connectivity index (χ1n) is 6.88. The Balaban J connectivity index is 2.93. The first-order chi connectivity index (χ1) is 8.97. The van der Waals surface area contributed by atoms with Crippen LogP contribution in [0.3, 0.4) is 0 Å². The Morgan fingerprint density at radius 1 is 1.37 bits per heavy atom. The van der Waals surface area contributed by atoms with Gasteiger partial charge in [0.25, 0.3) is 0 Å². The van der Waals surface area contributed by atoms with Gasteiger partial charge in [-0.1, -0.05) is 19.8 Å². The summed E-state index contributed by atoms with van der Waals surface area (Å²) in [7, 11) is 0. The Bertz CT molecular complexity index is 429. The minimum absolute atomic E-state index is 0.104. The molecule has 0 atom stereocenters. The Hall–Kier alpha value is -1.58. The number of benzene rings is 1. The topological polar surface area (TPSA) is 53.1 Å². The van der Waals surface area contributed by atoms with Gasteiger partial charge in [-0.15, -0.1) is 0 Å². The minimum atomic E-state index is -0.308. The third-order valence-electron chi connectivity index (χ3n) is 3.19. The number of anilines is 1. The van der Waals surface area contributed by atoms with E-state index in [1.165, 1.54) is 6.07 Å². The maximum Gasteiger partial charge on any atom is 0.147 e. The average Bonchev–Trinajstić information content (AvgIpc) is 2.35. The highest BCUT2D eigenvalue weighted by molar-refractivity contribution is 5.95. The van der Waals surface area contributed by atoms with Crippen molar-refractivity contribution in [2.24, 2.45) is 5.73 Å². The minimum Gasteiger partial charge on any atom is -0.384 e. The van der Waals surface area contributed by atoms with Gasteiger partial charge in [0, 0.05) is 18.2 Å². The van der Waals surface area contributed by atoms with E-state index in [1.807, 2.05) is 0 Å². The van der Waals surface area contributed by atoms with Crippen LogP contribution >= 0.6 is 0 Å². The Kier molecular flexibility index (Phi) is 5.80. The summed E-state index contributed by atoms with van der Waals surface area (Å²) in [6.07, 6.45) is 3.36. The fourth-order valence-corrected chi connectivity index (χ4v) is 2.10. The van der Waals surface area contributed by atoms with Crippen LogP contribution in [0, 0.1) is 11.2 Å². The van der Waals surface area contributed by atoms with Gasteiger partial charge in [0.2, 0.25) is 0 Å². The van der Waals surface area contributed by atoms with E-state index in [0.29, 0.717) is 11.3 Å². The van der Waals surface area contributed by atoms with Crippen LogP contribution < -0.4 is 10.6 Å². The number of nitrogens with zero attached hydrogens (tertiary/aromatic N) is 1. The second kappa shape index (κ2) is 7.12. The predicted molar refractivity (Wildman–Crippen MR) is 79.4 cm³/mol.